The minimum absolute atomic E-state index is 0.186. The maximum atomic E-state index is 7.25. The monoisotopic (exact) mass is 513 g/mol. The third kappa shape index (κ3) is 7.66. The predicted octanol–water partition coefficient (Wildman–Crippen LogP) is 5.07. The summed E-state index contributed by atoms with van der Waals surface area (Å²) in [7, 11) is 0. The second-order valence-electron chi connectivity index (χ2n) is 12.6. The van der Waals surface area contributed by atoms with Crippen LogP contribution >= 0.6 is 0 Å². The minimum atomic E-state index is -0.335. The molecule has 1 unspecified atom stereocenters. The van der Waals surface area contributed by atoms with Gasteiger partial charge in [0.2, 0.25) is 0 Å². The van der Waals surface area contributed by atoms with Crippen molar-refractivity contribution in [1.29, 1.82) is 0 Å². The van der Waals surface area contributed by atoms with Crippen molar-refractivity contribution in [1.82, 2.24) is 15.5 Å². The summed E-state index contributed by atoms with van der Waals surface area (Å²) in [5, 5.41) is 7.01. The molecule has 6 nitrogen and oxygen atoms in total. The van der Waals surface area contributed by atoms with Gasteiger partial charge in [0.25, 0.3) is 0 Å². The van der Waals surface area contributed by atoms with Gasteiger partial charge in [0.15, 0.2) is 0 Å². The summed E-state index contributed by atoms with van der Waals surface area (Å²) in [6, 6.07) is 0.640. The SMILES string of the molecule is CC(C)C1COCCNCCOCCNCCOC(C(C)C)(C(C)C)C(C(C)C)(C(C)C)N1C(C)C. The predicted molar refractivity (Wildman–Crippen MR) is 154 cm³/mol. The lowest BCUT2D eigenvalue weighted by Crippen LogP contribution is -2.78. The van der Waals surface area contributed by atoms with Crippen molar-refractivity contribution < 1.29 is 14.2 Å². The van der Waals surface area contributed by atoms with Gasteiger partial charge in [-0.1, -0.05) is 69.2 Å². The van der Waals surface area contributed by atoms with Crippen LogP contribution < -0.4 is 10.6 Å². The highest BCUT2D eigenvalue weighted by molar-refractivity contribution is 5.16. The Labute approximate surface area is 225 Å². The molecule has 0 radical (unpaired) electrons. The first-order chi connectivity index (χ1) is 16.9. The number of nitrogens with one attached hydrogen (secondary N) is 2. The molecule has 216 valence electrons. The van der Waals surface area contributed by atoms with Crippen LogP contribution in [0.4, 0.5) is 0 Å². The first-order valence-electron chi connectivity index (χ1n) is 14.9. The Morgan fingerprint density at radius 3 is 1.44 bits per heavy atom. The average Bonchev–Trinajstić information content (AvgIpc) is 2.76. The highest BCUT2D eigenvalue weighted by Crippen LogP contribution is 2.53. The van der Waals surface area contributed by atoms with Gasteiger partial charge < -0.3 is 24.8 Å². The van der Waals surface area contributed by atoms with Crippen LogP contribution in [-0.4, -0.2) is 87.3 Å². The summed E-state index contributed by atoms with van der Waals surface area (Å²) in [4.78, 5) is 2.84. The van der Waals surface area contributed by atoms with Crippen molar-refractivity contribution in [3.05, 3.63) is 0 Å². The van der Waals surface area contributed by atoms with Gasteiger partial charge in [-0.2, -0.15) is 0 Å². The van der Waals surface area contributed by atoms with E-state index in [0.29, 0.717) is 48.8 Å². The summed E-state index contributed by atoms with van der Waals surface area (Å²) in [6.45, 7) is 35.6. The van der Waals surface area contributed by atoms with Crippen LogP contribution in [0.5, 0.6) is 0 Å². The number of nitrogens with zero attached hydrogens (tertiary/aromatic N) is 1. The van der Waals surface area contributed by atoms with Crippen LogP contribution in [-0.2, 0) is 14.2 Å². The molecule has 1 atom stereocenters. The fourth-order valence-electron chi connectivity index (χ4n) is 7.37. The zero-order valence-corrected chi connectivity index (χ0v) is 26.1. The van der Waals surface area contributed by atoms with E-state index in [1.165, 1.54) is 0 Å². The highest BCUT2D eigenvalue weighted by Gasteiger charge is 2.63. The van der Waals surface area contributed by atoms with Crippen molar-refractivity contribution in [2.45, 2.75) is 106 Å². The molecule has 0 saturated carbocycles. The molecule has 0 aromatic heterocycles. The Bertz CT molecular complexity index is 562. The van der Waals surface area contributed by atoms with E-state index in [9.17, 15) is 0 Å². The van der Waals surface area contributed by atoms with E-state index in [-0.39, 0.29) is 17.2 Å². The minimum Gasteiger partial charge on any atom is -0.379 e. The maximum absolute atomic E-state index is 7.25. The van der Waals surface area contributed by atoms with Crippen LogP contribution in [0.25, 0.3) is 0 Å². The van der Waals surface area contributed by atoms with E-state index in [1.807, 2.05) is 0 Å². The molecule has 0 spiro atoms. The van der Waals surface area contributed by atoms with Gasteiger partial charge in [-0.15, -0.1) is 0 Å². The Morgan fingerprint density at radius 1 is 0.611 bits per heavy atom. The quantitative estimate of drug-likeness (QED) is 0.517. The normalized spacial score (nSPS) is 24.7. The van der Waals surface area contributed by atoms with Crippen molar-refractivity contribution in [3.8, 4) is 0 Å². The van der Waals surface area contributed by atoms with Crippen molar-refractivity contribution in [2.75, 3.05) is 59.2 Å². The summed E-state index contributed by atoms with van der Waals surface area (Å²) in [6.07, 6.45) is 0. The molecule has 0 aromatic rings. The summed E-state index contributed by atoms with van der Waals surface area (Å²) < 4.78 is 19.4. The molecular weight excluding hydrogens is 450 g/mol. The molecule has 0 aromatic carbocycles. The lowest BCUT2D eigenvalue weighted by atomic mass is 9.55. The molecule has 2 N–H and O–H groups in total. The zero-order valence-electron chi connectivity index (χ0n) is 26.1. The van der Waals surface area contributed by atoms with Gasteiger partial charge in [-0.25, -0.2) is 0 Å². The molecule has 0 bridgehead atoms. The van der Waals surface area contributed by atoms with Crippen molar-refractivity contribution in [3.63, 3.8) is 0 Å². The second kappa shape index (κ2) is 16.0. The lowest BCUT2D eigenvalue weighted by Gasteiger charge is -2.66. The standard InChI is InChI=1S/C30H63N3O3/c1-22(2)28-21-35-19-15-31-13-17-34-18-14-32-16-20-36-30(25(7)8,26(9)10)29(23(3)4,24(5)6)33(28)27(11)12/h22-28,31-32H,13-21H2,1-12H3. The van der Waals surface area contributed by atoms with Crippen LogP contribution in [0.3, 0.4) is 0 Å². The smallest absolute Gasteiger partial charge is 0.0916 e. The van der Waals surface area contributed by atoms with Crippen molar-refractivity contribution >= 4 is 0 Å². The van der Waals surface area contributed by atoms with E-state index >= 15 is 0 Å². The van der Waals surface area contributed by atoms with Gasteiger partial charge in [0.05, 0.1) is 44.2 Å². The third-order valence-corrected chi connectivity index (χ3v) is 8.39. The number of hydrogen-bond acceptors (Lipinski definition) is 6. The first kappa shape index (κ1) is 33.8. The maximum Gasteiger partial charge on any atom is 0.0916 e. The number of ether oxygens (including phenoxy) is 3. The Balaban J connectivity index is 3.74. The van der Waals surface area contributed by atoms with Gasteiger partial charge in [-0.05, 0) is 43.4 Å². The highest BCUT2D eigenvalue weighted by atomic mass is 16.5. The molecular formula is C30H63N3O3. The van der Waals surface area contributed by atoms with Crippen LogP contribution in [0.1, 0.15) is 83.1 Å². The molecule has 1 rings (SSSR count). The van der Waals surface area contributed by atoms with Crippen LogP contribution in [0, 0.1) is 29.6 Å². The molecule has 1 heterocycles. The topological polar surface area (TPSA) is 55.0 Å². The molecule has 1 aliphatic heterocycles. The Kier molecular flexibility index (Phi) is 15.0. The van der Waals surface area contributed by atoms with Crippen LogP contribution in [0.2, 0.25) is 0 Å². The van der Waals surface area contributed by atoms with E-state index in [0.717, 1.165) is 46.0 Å². The van der Waals surface area contributed by atoms with Crippen molar-refractivity contribution in [2.24, 2.45) is 29.6 Å². The third-order valence-electron chi connectivity index (χ3n) is 8.39. The van der Waals surface area contributed by atoms with Gasteiger partial charge in [0.1, 0.15) is 0 Å². The van der Waals surface area contributed by atoms with Gasteiger partial charge in [0, 0.05) is 38.3 Å². The summed E-state index contributed by atoms with van der Waals surface area (Å²) >= 11 is 0. The average molecular weight is 514 g/mol. The lowest BCUT2D eigenvalue weighted by molar-refractivity contribution is -0.252. The molecule has 36 heavy (non-hydrogen) atoms. The van der Waals surface area contributed by atoms with Gasteiger partial charge >= 0.3 is 0 Å². The number of hydrogen-bond donors (Lipinski definition) is 2. The summed E-state index contributed by atoms with van der Waals surface area (Å²) in [5.41, 5.74) is -0.521. The van der Waals surface area contributed by atoms with E-state index < -0.39 is 0 Å². The molecule has 1 fully saturated rings. The molecule has 1 aliphatic rings. The first-order valence-corrected chi connectivity index (χ1v) is 14.9. The Hall–Kier alpha value is -0.240. The molecule has 6 heteroatoms. The van der Waals surface area contributed by atoms with Gasteiger partial charge in [-0.3, -0.25) is 4.90 Å². The van der Waals surface area contributed by atoms with E-state index in [1.54, 1.807) is 0 Å². The van der Waals surface area contributed by atoms with E-state index in [2.05, 4.69) is 98.6 Å². The fourth-order valence-corrected chi connectivity index (χ4v) is 7.37. The second-order valence-corrected chi connectivity index (χ2v) is 12.6. The molecule has 0 amide bonds. The van der Waals surface area contributed by atoms with E-state index in [4.69, 9.17) is 14.2 Å². The van der Waals surface area contributed by atoms with Crippen LogP contribution in [0.15, 0.2) is 0 Å². The summed E-state index contributed by atoms with van der Waals surface area (Å²) in [5.74, 6) is 1.92. The molecule has 0 aliphatic carbocycles. The Morgan fingerprint density at radius 2 is 1.06 bits per heavy atom. The zero-order chi connectivity index (χ0) is 27.5. The molecule has 1 saturated heterocycles. The fraction of sp³-hybridized carbons (Fsp3) is 1.00. The largest absolute Gasteiger partial charge is 0.379 e. The number of rotatable bonds is 6.